The van der Waals surface area contributed by atoms with Gasteiger partial charge in [-0.05, 0) is 38.1 Å². The molecule has 4 nitrogen and oxygen atoms in total. The minimum absolute atomic E-state index is 0.362. The van der Waals surface area contributed by atoms with Crippen LogP contribution in [0.1, 0.15) is 24.2 Å². The van der Waals surface area contributed by atoms with Crippen molar-refractivity contribution >= 4 is 28.9 Å². The van der Waals surface area contributed by atoms with Gasteiger partial charge in [-0.15, -0.1) is 0 Å². The van der Waals surface area contributed by atoms with E-state index in [4.69, 9.17) is 11.6 Å². The second kappa shape index (κ2) is 6.62. The quantitative estimate of drug-likeness (QED) is 0.458. The molecule has 1 atom stereocenters. The van der Waals surface area contributed by atoms with Crippen molar-refractivity contribution in [3.8, 4) is 0 Å². The molecule has 0 bridgehead atoms. The number of carbonyl (C=O) groups excluding carboxylic acids is 2. The molecule has 0 saturated carbocycles. The summed E-state index contributed by atoms with van der Waals surface area (Å²) in [5.74, 6) is -0.739. The molecular weight excluding hydrogens is 300 g/mol. The highest BCUT2D eigenvalue weighted by molar-refractivity contribution is 6.30. The van der Waals surface area contributed by atoms with Crippen LogP contribution >= 0.6 is 11.6 Å². The lowest BCUT2D eigenvalue weighted by molar-refractivity contribution is -0.120. The van der Waals surface area contributed by atoms with Crippen molar-refractivity contribution in [1.82, 2.24) is 0 Å². The summed E-state index contributed by atoms with van der Waals surface area (Å²) in [7, 11) is 0. The average Bonchev–Trinajstić information content (AvgIpc) is 2.54. The zero-order chi connectivity index (χ0) is 16.2. The molecule has 0 heterocycles. The van der Waals surface area contributed by atoms with Gasteiger partial charge in [-0.1, -0.05) is 41.9 Å². The zero-order valence-electron chi connectivity index (χ0n) is 12.3. The summed E-state index contributed by atoms with van der Waals surface area (Å²) in [6.07, 6.45) is 0. The number of hydrogen-bond acceptors (Lipinski definition) is 4. The predicted molar refractivity (Wildman–Crippen MR) is 85.8 cm³/mol. The summed E-state index contributed by atoms with van der Waals surface area (Å²) in [4.78, 5) is 24.5. The Labute approximate surface area is 133 Å². The largest absolute Gasteiger partial charge is 0.297 e. The molecule has 0 spiro atoms. The van der Waals surface area contributed by atoms with Crippen molar-refractivity contribution in [1.29, 1.82) is 0 Å². The van der Waals surface area contributed by atoms with Gasteiger partial charge in [0, 0.05) is 10.6 Å². The lowest BCUT2D eigenvalue weighted by Gasteiger charge is -2.19. The van der Waals surface area contributed by atoms with Crippen LogP contribution in [0.25, 0.3) is 0 Å². The number of benzene rings is 2. The molecule has 0 aliphatic rings. The van der Waals surface area contributed by atoms with E-state index in [1.807, 2.05) is 0 Å². The van der Waals surface area contributed by atoms with E-state index in [1.165, 1.54) is 13.8 Å². The smallest absolute Gasteiger partial charge is 0.199 e. The summed E-state index contributed by atoms with van der Waals surface area (Å²) < 4.78 is 0. The number of azo groups is 1. The fourth-order valence-corrected chi connectivity index (χ4v) is 1.94. The first-order valence-corrected chi connectivity index (χ1v) is 7.10. The molecule has 0 radical (unpaired) electrons. The third kappa shape index (κ3) is 3.46. The van der Waals surface area contributed by atoms with Crippen LogP contribution in [0.5, 0.6) is 0 Å². The summed E-state index contributed by atoms with van der Waals surface area (Å²) in [5.41, 5.74) is -0.589. The highest BCUT2D eigenvalue weighted by atomic mass is 35.5. The standard InChI is InChI=1S/C17H15ClN2O2/c1-12(21)17(2,16(22)13-6-4-3-5-7-13)20-19-15-10-8-14(18)9-11-15/h3-11H,1-2H3. The molecule has 0 aliphatic carbocycles. The van der Waals surface area contributed by atoms with Gasteiger partial charge < -0.3 is 0 Å². The van der Waals surface area contributed by atoms with Crippen LogP contribution in [0, 0.1) is 0 Å². The molecule has 0 fully saturated rings. The minimum atomic E-state index is -1.54. The minimum Gasteiger partial charge on any atom is -0.297 e. The lowest BCUT2D eigenvalue weighted by atomic mass is 9.88. The van der Waals surface area contributed by atoms with E-state index in [2.05, 4.69) is 10.2 Å². The van der Waals surface area contributed by atoms with Gasteiger partial charge in [0.05, 0.1) is 5.69 Å². The molecule has 0 saturated heterocycles. The Morgan fingerprint density at radius 1 is 1.00 bits per heavy atom. The second-order valence-electron chi connectivity index (χ2n) is 5.00. The SMILES string of the molecule is CC(=O)C(C)(N=Nc1ccc(Cl)cc1)C(=O)c1ccccc1. The van der Waals surface area contributed by atoms with Gasteiger partial charge in [0.15, 0.2) is 17.1 Å². The Morgan fingerprint density at radius 2 is 1.59 bits per heavy atom. The van der Waals surface area contributed by atoms with E-state index in [1.54, 1.807) is 54.6 Å². The van der Waals surface area contributed by atoms with Gasteiger partial charge in [-0.25, -0.2) is 0 Å². The van der Waals surface area contributed by atoms with Crippen molar-refractivity contribution in [2.24, 2.45) is 10.2 Å². The molecule has 1 unspecified atom stereocenters. The number of ketones is 2. The molecule has 0 N–H and O–H groups in total. The molecule has 2 rings (SSSR count). The summed E-state index contributed by atoms with van der Waals surface area (Å²) in [6.45, 7) is 2.81. The molecule has 2 aromatic carbocycles. The first-order chi connectivity index (χ1) is 10.4. The molecule has 0 amide bonds. The monoisotopic (exact) mass is 314 g/mol. The van der Waals surface area contributed by atoms with Crippen LogP contribution in [0.3, 0.4) is 0 Å². The summed E-state index contributed by atoms with van der Waals surface area (Å²) >= 11 is 5.80. The number of hydrogen-bond donors (Lipinski definition) is 0. The van der Waals surface area contributed by atoms with Gasteiger partial charge in [-0.3, -0.25) is 9.59 Å². The van der Waals surface area contributed by atoms with Crippen LogP contribution < -0.4 is 0 Å². The van der Waals surface area contributed by atoms with E-state index < -0.39 is 5.54 Å². The van der Waals surface area contributed by atoms with Crippen LogP contribution in [0.4, 0.5) is 5.69 Å². The molecule has 2 aromatic rings. The first-order valence-electron chi connectivity index (χ1n) is 6.73. The molecular formula is C17H15ClN2O2. The molecule has 22 heavy (non-hydrogen) atoms. The number of Topliss-reactive ketones (excluding diaryl/α,β-unsaturated/α-hetero) is 2. The van der Waals surface area contributed by atoms with Gasteiger partial charge in [0.25, 0.3) is 0 Å². The van der Waals surface area contributed by atoms with Crippen LogP contribution in [-0.2, 0) is 4.79 Å². The van der Waals surface area contributed by atoms with E-state index in [0.717, 1.165) is 0 Å². The second-order valence-corrected chi connectivity index (χ2v) is 5.44. The third-order valence-corrected chi connectivity index (χ3v) is 3.61. The topological polar surface area (TPSA) is 58.9 Å². The zero-order valence-corrected chi connectivity index (χ0v) is 13.0. The number of halogens is 1. The van der Waals surface area contributed by atoms with Crippen molar-refractivity contribution in [2.75, 3.05) is 0 Å². The predicted octanol–water partition coefficient (Wildman–Crippen LogP) is 4.65. The van der Waals surface area contributed by atoms with Crippen LogP contribution in [-0.4, -0.2) is 17.1 Å². The summed E-state index contributed by atoms with van der Waals surface area (Å²) in [6, 6.07) is 15.3. The van der Waals surface area contributed by atoms with Crippen molar-refractivity contribution < 1.29 is 9.59 Å². The Kier molecular flexibility index (Phi) is 4.83. The lowest BCUT2D eigenvalue weighted by Crippen LogP contribution is -2.40. The van der Waals surface area contributed by atoms with Gasteiger partial charge in [0.2, 0.25) is 0 Å². The maximum Gasteiger partial charge on any atom is 0.199 e. The Hall–Kier alpha value is -2.33. The average molecular weight is 315 g/mol. The van der Waals surface area contributed by atoms with E-state index in [0.29, 0.717) is 16.3 Å². The highest BCUT2D eigenvalue weighted by Gasteiger charge is 2.39. The van der Waals surface area contributed by atoms with Crippen molar-refractivity contribution in [3.05, 3.63) is 65.2 Å². The van der Waals surface area contributed by atoms with Gasteiger partial charge in [-0.2, -0.15) is 10.2 Å². The van der Waals surface area contributed by atoms with Crippen LogP contribution in [0.2, 0.25) is 5.02 Å². The number of nitrogens with zero attached hydrogens (tertiary/aromatic N) is 2. The highest BCUT2D eigenvalue weighted by Crippen LogP contribution is 2.23. The number of rotatable bonds is 5. The molecule has 0 aromatic heterocycles. The van der Waals surface area contributed by atoms with Gasteiger partial charge in [0.1, 0.15) is 0 Å². The molecule has 0 aliphatic heterocycles. The Bertz CT molecular complexity index is 711. The fourth-order valence-electron chi connectivity index (χ4n) is 1.81. The third-order valence-electron chi connectivity index (χ3n) is 3.36. The van der Waals surface area contributed by atoms with E-state index in [9.17, 15) is 9.59 Å². The van der Waals surface area contributed by atoms with Crippen molar-refractivity contribution in [3.63, 3.8) is 0 Å². The van der Waals surface area contributed by atoms with Crippen molar-refractivity contribution in [2.45, 2.75) is 19.4 Å². The van der Waals surface area contributed by atoms with E-state index >= 15 is 0 Å². The molecule has 112 valence electrons. The normalized spacial score (nSPS) is 13.8. The van der Waals surface area contributed by atoms with E-state index in [-0.39, 0.29) is 11.6 Å². The van der Waals surface area contributed by atoms with Gasteiger partial charge >= 0.3 is 0 Å². The fraction of sp³-hybridized carbons (Fsp3) is 0.176. The Morgan fingerprint density at radius 3 is 2.14 bits per heavy atom. The maximum absolute atomic E-state index is 12.6. The Balaban J connectivity index is 2.34. The molecule has 5 heteroatoms. The number of carbonyl (C=O) groups is 2. The first kappa shape index (κ1) is 16.0. The maximum atomic E-state index is 12.6. The summed E-state index contributed by atoms with van der Waals surface area (Å²) in [5, 5.41) is 8.60. The van der Waals surface area contributed by atoms with Crippen LogP contribution in [0.15, 0.2) is 64.8 Å².